The summed E-state index contributed by atoms with van der Waals surface area (Å²) >= 11 is 0. The van der Waals surface area contributed by atoms with E-state index in [9.17, 15) is 31.1 Å². The average Bonchev–Trinajstić information content (AvgIpc) is 2.64. The number of aromatic nitrogens is 1. The van der Waals surface area contributed by atoms with Crippen molar-refractivity contribution in [3.8, 4) is 5.75 Å². The molecule has 0 bridgehead atoms. The molecule has 2 rings (SSSR count). The lowest BCUT2D eigenvalue weighted by Crippen LogP contribution is -2.25. The Bertz CT molecular complexity index is 843. The van der Waals surface area contributed by atoms with Gasteiger partial charge in [0.2, 0.25) is 5.91 Å². The average molecular weight is 418 g/mol. The number of benzene rings is 1. The van der Waals surface area contributed by atoms with E-state index in [1.165, 1.54) is 30.3 Å². The van der Waals surface area contributed by atoms with E-state index < -0.39 is 36.5 Å². The molecule has 0 aliphatic carbocycles. The topological polar surface area (TPSA) is 51.2 Å². The molecule has 0 fully saturated rings. The van der Waals surface area contributed by atoms with Crippen LogP contribution in [0.25, 0.3) is 6.08 Å². The molecule has 0 saturated heterocycles. The second-order valence-electron chi connectivity index (χ2n) is 6.01. The Morgan fingerprint density at radius 3 is 2.28 bits per heavy atom. The minimum absolute atomic E-state index is 0.0631. The van der Waals surface area contributed by atoms with Crippen LogP contribution < -0.4 is 10.1 Å². The van der Waals surface area contributed by atoms with Crippen molar-refractivity contribution >= 4 is 12.0 Å². The second kappa shape index (κ2) is 8.97. The molecule has 0 saturated carbocycles. The highest BCUT2D eigenvalue weighted by Gasteiger charge is 2.30. The van der Waals surface area contributed by atoms with Gasteiger partial charge in [-0.15, -0.1) is 0 Å². The van der Waals surface area contributed by atoms with Crippen LogP contribution in [-0.4, -0.2) is 23.7 Å². The number of hydrogen-bond donors (Lipinski definition) is 1. The predicted molar refractivity (Wildman–Crippen MR) is 92.8 cm³/mol. The number of amides is 1. The van der Waals surface area contributed by atoms with Gasteiger partial charge in [-0.1, -0.05) is 12.1 Å². The molecule has 0 aliphatic heterocycles. The number of halogens is 6. The van der Waals surface area contributed by atoms with E-state index in [2.05, 4.69) is 15.0 Å². The molecule has 4 nitrogen and oxygen atoms in total. The molecule has 0 radical (unpaired) electrons. The van der Waals surface area contributed by atoms with Crippen LogP contribution in [0.2, 0.25) is 0 Å². The van der Waals surface area contributed by atoms with E-state index in [0.29, 0.717) is 11.3 Å². The molecule has 1 aromatic carbocycles. The van der Waals surface area contributed by atoms with Crippen molar-refractivity contribution in [3.63, 3.8) is 0 Å². The number of nitrogens with zero attached hydrogens (tertiary/aromatic N) is 1. The summed E-state index contributed by atoms with van der Waals surface area (Å²) < 4.78 is 78.4. The molecule has 1 heterocycles. The summed E-state index contributed by atoms with van der Waals surface area (Å²) in [5, 5.41) is 2.59. The van der Waals surface area contributed by atoms with Crippen LogP contribution in [0.1, 0.15) is 29.8 Å². The first kappa shape index (κ1) is 22.3. The van der Waals surface area contributed by atoms with Crippen LogP contribution in [-0.2, 0) is 11.0 Å². The number of carbonyl (C=O) groups excluding carboxylic acids is 1. The Kier molecular flexibility index (Phi) is 6.89. The third kappa shape index (κ3) is 7.47. The van der Waals surface area contributed by atoms with Crippen molar-refractivity contribution in [2.24, 2.45) is 0 Å². The quantitative estimate of drug-likeness (QED) is 0.535. The molecular formula is C19H16F6N2O2. The molecule has 29 heavy (non-hydrogen) atoms. The van der Waals surface area contributed by atoms with Gasteiger partial charge in [0.25, 0.3) is 0 Å². The Morgan fingerprint density at radius 2 is 1.76 bits per heavy atom. The number of nitrogens with one attached hydrogen (secondary N) is 1. The summed E-state index contributed by atoms with van der Waals surface area (Å²) in [5.74, 6) is -0.580. The summed E-state index contributed by atoms with van der Waals surface area (Å²) in [7, 11) is 0. The molecule has 0 spiro atoms. The van der Waals surface area contributed by atoms with Gasteiger partial charge in [-0.2, -0.15) is 26.3 Å². The van der Waals surface area contributed by atoms with Crippen LogP contribution in [0.5, 0.6) is 5.75 Å². The lowest BCUT2D eigenvalue weighted by atomic mass is 10.1. The van der Waals surface area contributed by atoms with E-state index in [0.717, 1.165) is 24.4 Å². The van der Waals surface area contributed by atoms with E-state index >= 15 is 0 Å². The van der Waals surface area contributed by atoms with Gasteiger partial charge in [-0.25, -0.2) is 0 Å². The van der Waals surface area contributed by atoms with Crippen LogP contribution in [0.15, 0.2) is 48.7 Å². The molecule has 0 aliphatic rings. The standard InChI is InChI=1S/C19H16F6N2O2/c1-12(16-8-7-15(10-26-16)29-11-18(20,21)22)27-17(28)9-4-13-2-5-14(6-3-13)19(23,24)25/h2-10,12H,11H2,1H3,(H,27,28)/b9-4+/t12-/m1/s1. The highest BCUT2D eigenvalue weighted by atomic mass is 19.4. The summed E-state index contributed by atoms with van der Waals surface area (Å²) in [6, 6.07) is 6.44. The van der Waals surface area contributed by atoms with Crippen molar-refractivity contribution in [3.05, 3.63) is 65.5 Å². The van der Waals surface area contributed by atoms with Crippen molar-refractivity contribution < 1.29 is 35.9 Å². The van der Waals surface area contributed by atoms with Gasteiger partial charge in [0, 0.05) is 6.08 Å². The van der Waals surface area contributed by atoms with Gasteiger partial charge >= 0.3 is 12.4 Å². The zero-order valence-electron chi connectivity index (χ0n) is 15.0. The first-order valence-corrected chi connectivity index (χ1v) is 8.25. The fraction of sp³-hybridized carbons (Fsp3) is 0.263. The molecule has 156 valence electrons. The highest BCUT2D eigenvalue weighted by molar-refractivity contribution is 5.91. The van der Waals surface area contributed by atoms with Gasteiger partial charge < -0.3 is 10.1 Å². The zero-order valence-corrected chi connectivity index (χ0v) is 15.0. The number of pyridine rings is 1. The SMILES string of the molecule is C[C@@H](NC(=O)/C=C/c1ccc(C(F)(F)F)cc1)c1ccc(OCC(F)(F)F)cn1. The molecule has 2 aromatic rings. The molecular weight excluding hydrogens is 402 g/mol. The first-order chi connectivity index (χ1) is 13.4. The second-order valence-corrected chi connectivity index (χ2v) is 6.01. The van der Waals surface area contributed by atoms with Crippen LogP contribution >= 0.6 is 0 Å². The maximum Gasteiger partial charge on any atom is 0.422 e. The number of rotatable bonds is 6. The third-order valence-corrected chi connectivity index (χ3v) is 3.63. The van der Waals surface area contributed by atoms with Gasteiger partial charge in [0.1, 0.15) is 5.75 Å². The van der Waals surface area contributed by atoms with Gasteiger partial charge in [0.15, 0.2) is 6.61 Å². The molecule has 0 unspecified atom stereocenters. The molecule has 1 amide bonds. The maximum absolute atomic E-state index is 12.5. The van der Waals surface area contributed by atoms with Crippen molar-refractivity contribution in [1.29, 1.82) is 0 Å². The lowest BCUT2D eigenvalue weighted by molar-refractivity contribution is -0.153. The minimum atomic E-state index is -4.46. The highest BCUT2D eigenvalue weighted by Crippen LogP contribution is 2.29. The number of hydrogen-bond acceptors (Lipinski definition) is 3. The Morgan fingerprint density at radius 1 is 1.10 bits per heavy atom. The largest absolute Gasteiger partial charge is 0.483 e. The van der Waals surface area contributed by atoms with Crippen LogP contribution in [0.3, 0.4) is 0 Å². The monoisotopic (exact) mass is 418 g/mol. The van der Waals surface area contributed by atoms with Crippen molar-refractivity contribution in [2.75, 3.05) is 6.61 Å². The minimum Gasteiger partial charge on any atom is -0.483 e. The Hall–Kier alpha value is -3.04. The van der Waals surface area contributed by atoms with Gasteiger partial charge in [-0.3, -0.25) is 9.78 Å². The Balaban J connectivity index is 1.90. The van der Waals surface area contributed by atoms with Crippen LogP contribution in [0, 0.1) is 0 Å². The zero-order chi connectivity index (χ0) is 21.7. The van der Waals surface area contributed by atoms with Crippen molar-refractivity contribution in [1.82, 2.24) is 10.3 Å². The third-order valence-electron chi connectivity index (χ3n) is 3.63. The van der Waals surface area contributed by atoms with Crippen LogP contribution in [0.4, 0.5) is 26.3 Å². The summed E-state index contributed by atoms with van der Waals surface area (Å²) in [4.78, 5) is 15.9. The van der Waals surface area contributed by atoms with Crippen molar-refractivity contribution in [2.45, 2.75) is 25.3 Å². The summed E-state index contributed by atoms with van der Waals surface area (Å²) in [6.45, 7) is 0.178. The predicted octanol–water partition coefficient (Wildman–Crippen LogP) is 4.93. The molecule has 1 N–H and O–H groups in total. The molecule has 1 atom stereocenters. The number of carbonyl (C=O) groups is 1. The fourth-order valence-corrected chi connectivity index (χ4v) is 2.19. The fourth-order valence-electron chi connectivity index (χ4n) is 2.19. The number of alkyl halides is 6. The maximum atomic E-state index is 12.5. The first-order valence-electron chi connectivity index (χ1n) is 8.25. The smallest absolute Gasteiger partial charge is 0.422 e. The molecule has 10 heteroatoms. The van der Waals surface area contributed by atoms with Gasteiger partial charge in [0.05, 0.1) is 23.5 Å². The molecule has 1 aromatic heterocycles. The normalized spacial score (nSPS) is 13.3. The van der Waals surface area contributed by atoms with E-state index in [1.54, 1.807) is 6.92 Å². The summed E-state index contributed by atoms with van der Waals surface area (Å²) in [6.07, 6.45) is -5.28. The number of ether oxygens (including phenoxy) is 1. The lowest BCUT2D eigenvalue weighted by Gasteiger charge is -2.13. The van der Waals surface area contributed by atoms with E-state index in [4.69, 9.17) is 0 Å². The van der Waals surface area contributed by atoms with E-state index in [1.807, 2.05) is 0 Å². The van der Waals surface area contributed by atoms with Gasteiger partial charge in [-0.05, 0) is 42.8 Å². The summed E-state index contributed by atoms with van der Waals surface area (Å²) in [5.41, 5.74) is 0.00666. The van der Waals surface area contributed by atoms with E-state index in [-0.39, 0.29) is 5.75 Å². The Labute approximate surface area is 162 Å².